The lowest BCUT2D eigenvalue weighted by molar-refractivity contribution is -0.159. The number of hydrogen-bond donors (Lipinski definition) is 2. The number of piperazine rings is 1. The molecule has 9 heteroatoms. The maximum atomic E-state index is 12.5. The van der Waals surface area contributed by atoms with Gasteiger partial charge in [-0.05, 0) is 30.2 Å². The van der Waals surface area contributed by atoms with Gasteiger partial charge in [0.1, 0.15) is 0 Å². The molecule has 1 aliphatic heterocycles. The molecule has 33 heavy (non-hydrogen) atoms. The van der Waals surface area contributed by atoms with Gasteiger partial charge in [0.2, 0.25) is 5.91 Å². The van der Waals surface area contributed by atoms with E-state index in [0.29, 0.717) is 13.0 Å². The molecule has 1 fully saturated rings. The van der Waals surface area contributed by atoms with E-state index in [1.54, 1.807) is 7.11 Å². The summed E-state index contributed by atoms with van der Waals surface area (Å²) in [6, 6.07) is 16.0. The van der Waals surface area contributed by atoms with Crippen molar-refractivity contribution >= 4 is 17.8 Å². The summed E-state index contributed by atoms with van der Waals surface area (Å²) >= 11 is 0. The molecule has 0 atom stereocenters. The molecule has 0 unspecified atom stereocenters. The lowest BCUT2D eigenvalue weighted by Crippen LogP contribution is -2.48. The molecule has 0 aromatic heterocycles. The van der Waals surface area contributed by atoms with E-state index in [0.717, 1.165) is 49.8 Å². The predicted octanol–water partition coefficient (Wildman–Crippen LogP) is 2.14. The van der Waals surface area contributed by atoms with Crippen molar-refractivity contribution in [2.75, 3.05) is 39.9 Å². The second-order valence-electron chi connectivity index (χ2n) is 7.35. The number of carbonyl (C=O) groups is 3. The summed E-state index contributed by atoms with van der Waals surface area (Å²) in [5.41, 5.74) is 2.27. The molecule has 0 spiro atoms. The molecule has 1 amide bonds. The van der Waals surface area contributed by atoms with Gasteiger partial charge in [-0.3, -0.25) is 9.69 Å². The molecular weight excluding hydrogens is 428 g/mol. The fourth-order valence-electron chi connectivity index (χ4n) is 3.38. The van der Waals surface area contributed by atoms with E-state index in [4.69, 9.17) is 29.3 Å². The van der Waals surface area contributed by atoms with Gasteiger partial charge in [-0.25, -0.2) is 9.59 Å². The SMILES string of the molecule is CCOc1cc(CN2CCN(C(=O)Cc3ccccc3)CC2)ccc1OC.O=C(O)C(=O)O. The lowest BCUT2D eigenvalue weighted by atomic mass is 10.1. The van der Waals surface area contributed by atoms with Crippen molar-refractivity contribution in [3.63, 3.8) is 0 Å². The van der Waals surface area contributed by atoms with E-state index in [1.165, 1.54) is 5.56 Å². The van der Waals surface area contributed by atoms with Crippen molar-refractivity contribution in [1.82, 2.24) is 9.80 Å². The Morgan fingerprint density at radius 2 is 1.52 bits per heavy atom. The zero-order valence-corrected chi connectivity index (χ0v) is 18.9. The van der Waals surface area contributed by atoms with Crippen LogP contribution in [0.3, 0.4) is 0 Å². The average Bonchev–Trinajstić information content (AvgIpc) is 2.81. The lowest BCUT2D eigenvalue weighted by Gasteiger charge is -2.35. The molecule has 9 nitrogen and oxygen atoms in total. The monoisotopic (exact) mass is 458 g/mol. The third kappa shape index (κ3) is 8.46. The van der Waals surface area contributed by atoms with Gasteiger partial charge in [0.15, 0.2) is 11.5 Å². The van der Waals surface area contributed by atoms with Crippen molar-refractivity contribution in [2.24, 2.45) is 0 Å². The molecule has 2 aromatic carbocycles. The minimum Gasteiger partial charge on any atom is -0.493 e. The number of amides is 1. The molecule has 0 aliphatic carbocycles. The second-order valence-corrected chi connectivity index (χ2v) is 7.35. The van der Waals surface area contributed by atoms with Crippen molar-refractivity contribution in [3.05, 3.63) is 59.7 Å². The number of hydrogen-bond acceptors (Lipinski definition) is 6. The largest absolute Gasteiger partial charge is 0.493 e. The smallest absolute Gasteiger partial charge is 0.414 e. The zero-order chi connectivity index (χ0) is 24.2. The average molecular weight is 459 g/mol. The maximum absolute atomic E-state index is 12.5. The Morgan fingerprint density at radius 3 is 2.06 bits per heavy atom. The maximum Gasteiger partial charge on any atom is 0.414 e. The minimum atomic E-state index is -1.82. The van der Waals surface area contributed by atoms with Crippen LogP contribution in [0.1, 0.15) is 18.1 Å². The van der Waals surface area contributed by atoms with Gasteiger partial charge in [-0.15, -0.1) is 0 Å². The Morgan fingerprint density at radius 1 is 0.879 bits per heavy atom. The molecule has 1 aliphatic rings. The highest BCUT2D eigenvalue weighted by Gasteiger charge is 2.21. The molecule has 2 N–H and O–H groups in total. The Balaban J connectivity index is 0.000000569. The van der Waals surface area contributed by atoms with Crippen LogP contribution in [-0.4, -0.2) is 77.8 Å². The van der Waals surface area contributed by atoms with Crippen LogP contribution < -0.4 is 9.47 Å². The van der Waals surface area contributed by atoms with Crippen LogP contribution in [0.5, 0.6) is 11.5 Å². The third-order valence-corrected chi connectivity index (χ3v) is 5.04. The first-order chi connectivity index (χ1) is 15.8. The standard InChI is InChI=1S/C22H28N2O3.C2H2O4/c1-3-27-21-15-19(9-10-20(21)26-2)17-23-11-13-24(14-12-23)22(25)16-18-7-5-4-6-8-18;3-1(4)2(5)6/h4-10,15H,3,11-14,16-17H2,1-2H3;(H,3,4)(H,5,6). The molecule has 0 bridgehead atoms. The normalized spacial score (nSPS) is 13.5. The quantitative estimate of drug-likeness (QED) is 0.606. The minimum absolute atomic E-state index is 0.212. The third-order valence-electron chi connectivity index (χ3n) is 5.04. The number of carboxylic acid groups (broad SMARTS) is 2. The molecule has 3 rings (SSSR count). The number of ether oxygens (including phenoxy) is 2. The number of aliphatic carboxylic acids is 2. The molecule has 2 aromatic rings. The van der Waals surface area contributed by atoms with Crippen LogP contribution in [0.25, 0.3) is 0 Å². The first-order valence-electron chi connectivity index (χ1n) is 10.6. The van der Waals surface area contributed by atoms with Crippen molar-refractivity contribution in [1.29, 1.82) is 0 Å². The number of rotatable bonds is 7. The summed E-state index contributed by atoms with van der Waals surface area (Å²) in [5.74, 6) is -1.89. The highest BCUT2D eigenvalue weighted by molar-refractivity contribution is 6.27. The molecule has 0 radical (unpaired) electrons. The van der Waals surface area contributed by atoms with E-state index in [-0.39, 0.29) is 5.91 Å². The van der Waals surface area contributed by atoms with Crippen LogP contribution in [0.2, 0.25) is 0 Å². The van der Waals surface area contributed by atoms with Crippen LogP contribution in [0, 0.1) is 0 Å². The highest BCUT2D eigenvalue weighted by Crippen LogP contribution is 2.28. The Kier molecular flexibility index (Phi) is 10.2. The summed E-state index contributed by atoms with van der Waals surface area (Å²) in [6.07, 6.45) is 0.483. The van der Waals surface area contributed by atoms with Gasteiger partial charge >= 0.3 is 11.9 Å². The van der Waals surface area contributed by atoms with Crippen LogP contribution in [0.4, 0.5) is 0 Å². The van der Waals surface area contributed by atoms with Crippen LogP contribution in [-0.2, 0) is 27.3 Å². The summed E-state index contributed by atoms with van der Waals surface area (Å²) in [5, 5.41) is 14.8. The highest BCUT2D eigenvalue weighted by atomic mass is 16.5. The Bertz CT molecular complexity index is 914. The van der Waals surface area contributed by atoms with Crippen LogP contribution in [0.15, 0.2) is 48.5 Å². The van der Waals surface area contributed by atoms with Gasteiger partial charge in [0, 0.05) is 32.7 Å². The predicted molar refractivity (Wildman–Crippen MR) is 121 cm³/mol. The Labute approximate surface area is 193 Å². The topological polar surface area (TPSA) is 117 Å². The number of benzene rings is 2. The summed E-state index contributed by atoms with van der Waals surface area (Å²) in [4.78, 5) is 35.0. The van der Waals surface area contributed by atoms with Gasteiger partial charge in [0.25, 0.3) is 0 Å². The van der Waals surface area contributed by atoms with Gasteiger partial charge in [-0.2, -0.15) is 0 Å². The number of carbonyl (C=O) groups excluding carboxylic acids is 1. The summed E-state index contributed by atoms with van der Waals surface area (Å²) in [7, 11) is 1.66. The Hall–Kier alpha value is -3.59. The van der Waals surface area contributed by atoms with Crippen LogP contribution >= 0.6 is 0 Å². The fraction of sp³-hybridized carbons (Fsp3) is 0.375. The van der Waals surface area contributed by atoms with E-state index >= 15 is 0 Å². The molecule has 178 valence electrons. The van der Waals surface area contributed by atoms with Crippen molar-refractivity contribution < 1.29 is 34.1 Å². The van der Waals surface area contributed by atoms with Gasteiger partial charge in [0.05, 0.1) is 20.1 Å². The number of nitrogens with zero attached hydrogens (tertiary/aromatic N) is 2. The molecular formula is C24H30N2O7. The first-order valence-corrected chi connectivity index (χ1v) is 10.6. The van der Waals surface area contributed by atoms with E-state index in [1.807, 2.05) is 48.2 Å². The fourth-order valence-corrected chi connectivity index (χ4v) is 3.38. The number of methoxy groups -OCH3 is 1. The molecule has 0 saturated carbocycles. The molecule has 1 saturated heterocycles. The first kappa shape index (κ1) is 25.7. The summed E-state index contributed by atoms with van der Waals surface area (Å²) in [6.45, 7) is 6.76. The van der Waals surface area contributed by atoms with Gasteiger partial charge < -0.3 is 24.6 Å². The van der Waals surface area contributed by atoms with E-state index < -0.39 is 11.9 Å². The van der Waals surface area contributed by atoms with Crippen molar-refractivity contribution in [3.8, 4) is 11.5 Å². The van der Waals surface area contributed by atoms with E-state index in [2.05, 4.69) is 17.0 Å². The van der Waals surface area contributed by atoms with Gasteiger partial charge in [-0.1, -0.05) is 36.4 Å². The van der Waals surface area contributed by atoms with E-state index in [9.17, 15) is 4.79 Å². The second kappa shape index (κ2) is 13.1. The van der Waals surface area contributed by atoms with Crippen molar-refractivity contribution in [2.45, 2.75) is 19.9 Å². The molecule has 1 heterocycles. The zero-order valence-electron chi connectivity index (χ0n) is 18.9. The number of carboxylic acids is 2. The summed E-state index contributed by atoms with van der Waals surface area (Å²) < 4.78 is 11.0.